The van der Waals surface area contributed by atoms with Gasteiger partial charge in [0.05, 0.1) is 0 Å². The van der Waals surface area contributed by atoms with Crippen molar-refractivity contribution in [3.8, 4) is 0 Å². The first-order chi connectivity index (χ1) is 7.20. The molecule has 1 heterocycles. The van der Waals surface area contributed by atoms with Gasteiger partial charge in [-0.25, -0.2) is 5.43 Å². The van der Waals surface area contributed by atoms with E-state index in [2.05, 4.69) is 15.8 Å². The summed E-state index contributed by atoms with van der Waals surface area (Å²) < 4.78 is 0. The number of pyridine rings is 1. The van der Waals surface area contributed by atoms with Crippen molar-refractivity contribution < 1.29 is 9.59 Å². The van der Waals surface area contributed by atoms with Crippen molar-refractivity contribution in [2.45, 2.75) is 6.42 Å². The Labute approximate surface area is 86.8 Å². The van der Waals surface area contributed by atoms with E-state index in [1.54, 1.807) is 12.1 Å². The second-order valence-corrected chi connectivity index (χ2v) is 2.83. The van der Waals surface area contributed by atoms with E-state index in [1.165, 1.54) is 12.4 Å². The van der Waals surface area contributed by atoms with Crippen molar-refractivity contribution >= 4 is 11.8 Å². The zero-order valence-corrected chi connectivity index (χ0v) is 8.06. The van der Waals surface area contributed by atoms with Crippen LogP contribution in [-0.2, 0) is 4.79 Å². The van der Waals surface area contributed by atoms with Gasteiger partial charge in [-0.15, -0.1) is 0 Å². The maximum atomic E-state index is 11.4. The number of rotatable bonds is 5. The molecule has 0 fully saturated rings. The first kappa shape index (κ1) is 11.1. The van der Waals surface area contributed by atoms with Crippen molar-refractivity contribution in [2.75, 3.05) is 6.54 Å². The van der Waals surface area contributed by atoms with E-state index in [4.69, 9.17) is 5.73 Å². The Morgan fingerprint density at radius 1 is 1.33 bits per heavy atom. The van der Waals surface area contributed by atoms with Gasteiger partial charge >= 0.3 is 0 Å². The highest BCUT2D eigenvalue weighted by atomic mass is 16.2. The van der Waals surface area contributed by atoms with E-state index in [1.807, 2.05) is 0 Å². The fourth-order valence-corrected chi connectivity index (χ4v) is 0.904. The third kappa shape index (κ3) is 4.19. The van der Waals surface area contributed by atoms with Crippen molar-refractivity contribution in [3.63, 3.8) is 0 Å². The van der Waals surface area contributed by atoms with Crippen LogP contribution in [0.1, 0.15) is 16.8 Å². The van der Waals surface area contributed by atoms with Gasteiger partial charge in [-0.3, -0.25) is 20.0 Å². The van der Waals surface area contributed by atoms with Crippen molar-refractivity contribution in [1.82, 2.24) is 15.8 Å². The summed E-state index contributed by atoms with van der Waals surface area (Å²) in [5, 5.41) is 0. The van der Waals surface area contributed by atoms with Crippen molar-refractivity contribution in [1.29, 1.82) is 0 Å². The van der Waals surface area contributed by atoms with E-state index in [9.17, 15) is 9.59 Å². The monoisotopic (exact) mass is 208 g/mol. The van der Waals surface area contributed by atoms with Crippen LogP contribution in [0.5, 0.6) is 0 Å². The summed E-state index contributed by atoms with van der Waals surface area (Å²) in [5.74, 6) is -0.692. The molecule has 6 heteroatoms. The molecule has 0 saturated carbocycles. The molecule has 1 rings (SSSR count). The highest BCUT2D eigenvalue weighted by Gasteiger charge is 2.02. The molecule has 0 bridgehead atoms. The van der Waals surface area contributed by atoms with E-state index in [0.717, 1.165) is 0 Å². The SMILES string of the molecule is NC(=O)CCNNC(=O)c1ccncc1. The van der Waals surface area contributed by atoms with Gasteiger partial charge in [-0.05, 0) is 12.1 Å². The number of carbonyl (C=O) groups excluding carboxylic acids is 2. The number of carbonyl (C=O) groups is 2. The molecular formula is C9H12N4O2. The quantitative estimate of drug-likeness (QED) is 0.435. The minimum Gasteiger partial charge on any atom is -0.370 e. The molecule has 15 heavy (non-hydrogen) atoms. The molecule has 0 aliphatic heterocycles. The molecule has 0 aliphatic carbocycles. The summed E-state index contributed by atoms with van der Waals surface area (Å²) in [6.07, 6.45) is 3.23. The van der Waals surface area contributed by atoms with Crippen LogP contribution in [-0.4, -0.2) is 23.3 Å². The Kier molecular flexibility index (Phi) is 4.24. The molecule has 0 aromatic carbocycles. The minimum absolute atomic E-state index is 0.177. The standard InChI is InChI=1S/C9H12N4O2/c10-8(14)3-6-12-13-9(15)7-1-4-11-5-2-7/h1-2,4-5,12H,3,6H2,(H2,10,14)(H,13,15). The summed E-state index contributed by atoms with van der Waals surface area (Å²) >= 11 is 0. The molecule has 0 saturated heterocycles. The first-order valence-corrected chi connectivity index (χ1v) is 4.41. The summed E-state index contributed by atoms with van der Waals surface area (Å²) in [5.41, 5.74) is 10.4. The third-order valence-electron chi connectivity index (χ3n) is 1.64. The highest BCUT2D eigenvalue weighted by molar-refractivity contribution is 5.93. The minimum atomic E-state index is -0.416. The molecule has 0 aliphatic rings. The molecule has 1 aromatic heterocycles. The highest BCUT2D eigenvalue weighted by Crippen LogP contribution is 1.94. The van der Waals surface area contributed by atoms with Gasteiger partial charge < -0.3 is 5.73 Å². The van der Waals surface area contributed by atoms with Crippen LogP contribution < -0.4 is 16.6 Å². The Morgan fingerprint density at radius 2 is 2.00 bits per heavy atom. The molecule has 1 aromatic rings. The number of nitrogens with two attached hydrogens (primary N) is 1. The summed E-state index contributed by atoms with van der Waals surface area (Å²) in [6.45, 7) is 0.312. The largest absolute Gasteiger partial charge is 0.370 e. The lowest BCUT2D eigenvalue weighted by atomic mass is 10.3. The van der Waals surface area contributed by atoms with Crippen LogP contribution in [0.25, 0.3) is 0 Å². The molecule has 0 spiro atoms. The number of hydrazine groups is 1. The molecule has 0 unspecified atom stereocenters. The fourth-order valence-electron chi connectivity index (χ4n) is 0.904. The van der Waals surface area contributed by atoms with Gasteiger partial charge in [0.2, 0.25) is 5.91 Å². The zero-order chi connectivity index (χ0) is 11.1. The lowest BCUT2D eigenvalue weighted by Crippen LogP contribution is -2.39. The van der Waals surface area contributed by atoms with Crippen LogP contribution in [0.15, 0.2) is 24.5 Å². The van der Waals surface area contributed by atoms with Gasteiger partial charge in [-0.2, -0.15) is 0 Å². The zero-order valence-electron chi connectivity index (χ0n) is 8.06. The Morgan fingerprint density at radius 3 is 2.60 bits per heavy atom. The predicted molar refractivity (Wildman–Crippen MR) is 53.5 cm³/mol. The number of hydrogen-bond acceptors (Lipinski definition) is 4. The van der Waals surface area contributed by atoms with Crippen molar-refractivity contribution in [3.05, 3.63) is 30.1 Å². The number of nitrogens with zero attached hydrogens (tertiary/aromatic N) is 1. The smallest absolute Gasteiger partial charge is 0.265 e. The molecule has 0 radical (unpaired) electrons. The van der Waals surface area contributed by atoms with E-state index >= 15 is 0 Å². The van der Waals surface area contributed by atoms with E-state index in [0.29, 0.717) is 12.1 Å². The van der Waals surface area contributed by atoms with Gasteiger partial charge in [0, 0.05) is 30.9 Å². The lowest BCUT2D eigenvalue weighted by Gasteiger charge is -2.05. The van der Waals surface area contributed by atoms with Gasteiger partial charge in [-0.1, -0.05) is 0 Å². The molecule has 4 N–H and O–H groups in total. The second kappa shape index (κ2) is 5.71. The molecular weight excluding hydrogens is 196 g/mol. The van der Waals surface area contributed by atoms with Crippen LogP contribution in [0.2, 0.25) is 0 Å². The molecule has 80 valence electrons. The third-order valence-corrected chi connectivity index (χ3v) is 1.64. The Bertz CT molecular complexity index is 339. The molecule has 2 amide bonds. The summed E-state index contributed by atoms with van der Waals surface area (Å²) in [4.78, 5) is 25.5. The number of primary amides is 1. The normalized spacial score (nSPS) is 9.60. The van der Waals surface area contributed by atoms with Gasteiger partial charge in [0.25, 0.3) is 5.91 Å². The van der Waals surface area contributed by atoms with E-state index in [-0.39, 0.29) is 12.3 Å². The average molecular weight is 208 g/mol. The van der Waals surface area contributed by atoms with Gasteiger partial charge in [0.15, 0.2) is 0 Å². The Hall–Kier alpha value is -1.95. The summed E-state index contributed by atoms with van der Waals surface area (Å²) in [6, 6.07) is 3.18. The molecule has 0 atom stereocenters. The predicted octanol–water partition coefficient (Wildman–Crippen LogP) is -0.809. The number of amides is 2. The van der Waals surface area contributed by atoms with E-state index < -0.39 is 5.91 Å². The van der Waals surface area contributed by atoms with Crippen molar-refractivity contribution in [2.24, 2.45) is 5.73 Å². The number of aromatic nitrogens is 1. The number of nitrogens with one attached hydrogen (secondary N) is 2. The molecule has 6 nitrogen and oxygen atoms in total. The lowest BCUT2D eigenvalue weighted by molar-refractivity contribution is -0.117. The first-order valence-electron chi connectivity index (χ1n) is 4.41. The Balaban J connectivity index is 2.28. The maximum Gasteiger partial charge on any atom is 0.265 e. The van der Waals surface area contributed by atoms with Crippen LogP contribution >= 0.6 is 0 Å². The fraction of sp³-hybridized carbons (Fsp3) is 0.222. The number of hydrogen-bond donors (Lipinski definition) is 3. The summed E-state index contributed by atoms with van der Waals surface area (Å²) in [7, 11) is 0. The van der Waals surface area contributed by atoms with Crippen LogP contribution in [0.4, 0.5) is 0 Å². The van der Waals surface area contributed by atoms with Gasteiger partial charge in [0.1, 0.15) is 0 Å². The maximum absolute atomic E-state index is 11.4. The van der Waals surface area contributed by atoms with Crippen LogP contribution in [0.3, 0.4) is 0 Å². The average Bonchev–Trinajstić information content (AvgIpc) is 2.25. The van der Waals surface area contributed by atoms with Crippen LogP contribution in [0, 0.1) is 0 Å². The topological polar surface area (TPSA) is 97.1 Å². The second-order valence-electron chi connectivity index (χ2n) is 2.83.